The molecule has 0 fully saturated rings. The number of halogens is 2. The van der Waals surface area contributed by atoms with Crippen molar-refractivity contribution in [1.82, 2.24) is 0 Å². The first-order valence-corrected chi connectivity index (χ1v) is 5.43. The summed E-state index contributed by atoms with van der Waals surface area (Å²) in [7, 11) is 0. The van der Waals surface area contributed by atoms with E-state index in [1.807, 2.05) is 0 Å². The monoisotopic (exact) mass is 259 g/mol. The molecule has 0 saturated carbocycles. The molecule has 1 aromatic carbocycles. The molecule has 1 aromatic rings. The largest absolute Gasteiger partial charge is 0.466 e. The second-order valence-corrected chi connectivity index (χ2v) is 3.66. The van der Waals surface area contributed by atoms with E-state index in [0.717, 1.165) is 0 Å². The topological polar surface area (TPSA) is 61.5 Å². The zero-order valence-electron chi connectivity index (χ0n) is 10.2. The van der Waals surface area contributed by atoms with Gasteiger partial charge in [-0.3, -0.25) is 4.79 Å². The predicted octanol–water partition coefficient (Wildman–Crippen LogP) is 2.28. The molecule has 2 N–H and O–H groups in total. The number of ether oxygens (including phenoxy) is 2. The van der Waals surface area contributed by atoms with Crippen molar-refractivity contribution in [3.63, 3.8) is 0 Å². The van der Waals surface area contributed by atoms with E-state index in [0.29, 0.717) is 11.1 Å². The third-order valence-electron chi connectivity index (χ3n) is 2.35. The highest BCUT2D eigenvalue weighted by Crippen LogP contribution is 2.27. The number of alkyl halides is 2. The number of hydrogen-bond donors (Lipinski definition) is 1. The van der Waals surface area contributed by atoms with Crippen molar-refractivity contribution >= 4 is 11.7 Å². The molecule has 0 aromatic heterocycles. The number of carbonyl (C=O) groups is 1. The van der Waals surface area contributed by atoms with E-state index in [1.165, 1.54) is 6.07 Å². The van der Waals surface area contributed by atoms with Crippen molar-refractivity contribution in [2.45, 2.75) is 26.9 Å². The summed E-state index contributed by atoms with van der Waals surface area (Å²) in [6.07, 6.45) is -0.0235. The van der Waals surface area contributed by atoms with Gasteiger partial charge in [0.05, 0.1) is 13.0 Å². The van der Waals surface area contributed by atoms with Crippen LogP contribution in [0, 0.1) is 6.92 Å². The Labute approximate surface area is 104 Å². The molecule has 0 aliphatic carbocycles. The van der Waals surface area contributed by atoms with Gasteiger partial charge in [0, 0.05) is 11.8 Å². The van der Waals surface area contributed by atoms with Crippen LogP contribution in [0.1, 0.15) is 18.1 Å². The molecular formula is C12H15F2NO3. The lowest BCUT2D eigenvalue weighted by molar-refractivity contribution is -0.142. The highest BCUT2D eigenvalue weighted by atomic mass is 19.3. The zero-order valence-corrected chi connectivity index (χ0v) is 10.2. The minimum Gasteiger partial charge on any atom is -0.466 e. The molecule has 0 atom stereocenters. The molecule has 18 heavy (non-hydrogen) atoms. The first kappa shape index (κ1) is 14.2. The van der Waals surface area contributed by atoms with Crippen LogP contribution in [0.2, 0.25) is 0 Å². The van der Waals surface area contributed by atoms with Crippen molar-refractivity contribution < 1.29 is 23.0 Å². The van der Waals surface area contributed by atoms with E-state index in [1.54, 1.807) is 19.9 Å². The molecule has 0 aliphatic heterocycles. The Morgan fingerprint density at radius 1 is 1.44 bits per heavy atom. The molecule has 0 amide bonds. The van der Waals surface area contributed by atoms with Crippen LogP contribution in [0.4, 0.5) is 14.5 Å². The maximum atomic E-state index is 12.2. The van der Waals surface area contributed by atoms with Crippen LogP contribution >= 0.6 is 0 Å². The van der Waals surface area contributed by atoms with Crippen LogP contribution in [0.3, 0.4) is 0 Å². The average Bonchev–Trinajstić information content (AvgIpc) is 2.24. The Bertz CT molecular complexity index is 436. The van der Waals surface area contributed by atoms with Gasteiger partial charge in [-0.15, -0.1) is 0 Å². The second kappa shape index (κ2) is 6.18. The highest BCUT2D eigenvalue weighted by Gasteiger charge is 2.14. The van der Waals surface area contributed by atoms with E-state index < -0.39 is 12.6 Å². The predicted molar refractivity (Wildman–Crippen MR) is 62.6 cm³/mol. The van der Waals surface area contributed by atoms with Crippen LogP contribution in [0.5, 0.6) is 5.75 Å². The summed E-state index contributed by atoms with van der Waals surface area (Å²) in [4.78, 5) is 11.4. The summed E-state index contributed by atoms with van der Waals surface area (Å²) in [5.74, 6) is -0.460. The number of esters is 1. The van der Waals surface area contributed by atoms with Crippen molar-refractivity contribution in [3.8, 4) is 5.75 Å². The van der Waals surface area contributed by atoms with Gasteiger partial charge in [0.25, 0.3) is 0 Å². The number of carbonyl (C=O) groups excluding carboxylic acids is 1. The number of nitrogen functional groups attached to an aromatic ring is 1. The van der Waals surface area contributed by atoms with Crippen LogP contribution in [0.15, 0.2) is 12.1 Å². The van der Waals surface area contributed by atoms with Crippen LogP contribution < -0.4 is 10.5 Å². The normalized spacial score (nSPS) is 10.5. The summed E-state index contributed by atoms with van der Waals surface area (Å²) in [5, 5.41) is 0. The Morgan fingerprint density at radius 2 is 2.11 bits per heavy atom. The highest BCUT2D eigenvalue weighted by molar-refractivity contribution is 5.74. The zero-order chi connectivity index (χ0) is 13.7. The van der Waals surface area contributed by atoms with Crippen molar-refractivity contribution in [1.29, 1.82) is 0 Å². The van der Waals surface area contributed by atoms with E-state index in [2.05, 4.69) is 4.74 Å². The Balaban J connectivity index is 2.97. The molecule has 0 heterocycles. The van der Waals surface area contributed by atoms with Crippen LogP contribution in [-0.4, -0.2) is 19.2 Å². The molecular weight excluding hydrogens is 244 g/mol. The van der Waals surface area contributed by atoms with Gasteiger partial charge in [0.15, 0.2) is 0 Å². The molecule has 0 radical (unpaired) electrons. The summed E-state index contributed by atoms with van der Waals surface area (Å²) in [6.45, 7) is 0.614. The fraction of sp³-hybridized carbons (Fsp3) is 0.417. The maximum absolute atomic E-state index is 12.2. The quantitative estimate of drug-likeness (QED) is 0.651. The summed E-state index contributed by atoms with van der Waals surface area (Å²) >= 11 is 0. The lowest BCUT2D eigenvalue weighted by Gasteiger charge is -2.13. The SMILES string of the molecule is CCOC(=O)Cc1cc(N)cc(OC(F)F)c1C. The third kappa shape index (κ3) is 3.87. The first-order chi connectivity index (χ1) is 8.43. The van der Waals surface area contributed by atoms with Crippen molar-refractivity contribution in [2.24, 2.45) is 0 Å². The van der Waals surface area contributed by atoms with Gasteiger partial charge in [-0.2, -0.15) is 8.78 Å². The van der Waals surface area contributed by atoms with Crippen molar-refractivity contribution in [2.75, 3.05) is 12.3 Å². The van der Waals surface area contributed by atoms with Crippen LogP contribution in [0.25, 0.3) is 0 Å². The number of rotatable bonds is 5. The summed E-state index contributed by atoms with van der Waals surface area (Å²) < 4.78 is 33.5. The summed E-state index contributed by atoms with van der Waals surface area (Å²) in [5.41, 5.74) is 6.81. The third-order valence-corrected chi connectivity index (χ3v) is 2.35. The van der Waals surface area contributed by atoms with Gasteiger partial charge in [-0.1, -0.05) is 0 Å². The lowest BCUT2D eigenvalue weighted by atomic mass is 10.0. The molecule has 0 saturated heterocycles. The van der Waals surface area contributed by atoms with E-state index in [9.17, 15) is 13.6 Å². The van der Waals surface area contributed by atoms with Gasteiger partial charge in [-0.05, 0) is 31.0 Å². The number of nitrogens with two attached hydrogens (primary N) is 1. The average molecular weight is 259 g/mol. The Hall–Kier alpha value is -1.85. The lowest BCUT2D eigenvalue weighted by Crippen LogP contribution is -2.11. The van der Waals surface area contributed by atoms with Crippen LogP contribution in [-0.2, 0) is 16.0 Å². The fourth-order valence-corrected chi connectivity index (χ4v) is 1.54. The Kier molecular flexibility index (Phi) is 4.88. The molecule has 100 valence electrons. The fourth-order valence-electron chi connectivity index (χ4n) is 1.54. The van der Waals surface area contributed by atoms with Gasteiger partial charge in [-0.25, -0.2) is 0 Å². The molecule has 4 nitrogen and oxygen atoms in total. The number of hydrogen-bond acceptors (Lipinski definition) is 4. The first-order valence-electron chi connectivity index (χ1n) is 5.43. The molecule has 1 rings (SSSR count). The molecule has 0 aliphatic rings. The van der Waals surface area contributed by atoms with Gasteiger partial charge >= 0.3 is 12.6 Å². The smallest absolute Gasteiger partial charge is 0.387 e. The van der Waals surface area contributed by atoms with E-state index in [-0.39, 0.29) is 24.5 Å². The minimum absolute atomic E-state index is 0.0235. The number of anilines is 1. The number of benzene rings is 1. The van der Waals surface area contributed by atoms with Crippen molar-refractivity contribution in [3.05, 3.63) is 23.3 Å². The molecule has 0 bridgehead atoms. The molecule has 0 spiro atoms. The minimum atomic E-state index is -2.93. The molecule has 0 unspecified atom stereocenters. The second-order valence-electron chi connectivity index (χ2n) is 3.66. The summed E-state index contributed by atoms with van der Waals surface area (Å²) in [6, 6.07) is 2.85. The van der Waals surface area contributed by atoms with E-state index >= 15 is 0 Å². The van der Waals surface area contributed by atoms with Gasteiger partial charge in [0.2, 0.25) is 0 Å². The standard InChI is InChI=1S/C12H15F2NO3/c1-3-17-11(16)5-8-4-9(15)6-10(7(8)2)18-12(13)14/h4,6,12H,3,5,15H2,1-2H3. The van der Waals surface area contributed by atoms with Gasteiger partial charge in [0.1, 0.15) is 5.75 Å². The Morgan fingerprint density at radius 3 is 2.67 bits per heavy atom. The maximum Gasteiger partial charge on any atom is 0.387 e. The molecule has 6 heteroatoms. The van der Waals surface area contributed by atoms with Gasteiger partial charge < -0.3 is 15.2 Å². The van der Waals surface area contributed by atoms with E-state index in [4.69, 9.17) is 10.5 Å².